The fraction of sp³-hybridized carbons (Fsp3) is 0.562. The first-order valence-electron chi connectivity index (χ1n) is 7.43. The van der Waals surface area contributed by atoms with Crippen LogP contribution in [0.4, 0.5) is 4.39 Å². The van der Waals surface area contributed by atoms with Gasteiger partial charge in [-0.25, -0.2) is 4.39 Å². The maximum atomic E-state index is 13.8. The Morgan fingerprint density at radius 1 is 1.33 bits per heavy atom. The first-order chi connectivity index (χ1) is 9.92. The largest absolute Gasteiger partial charge is 0.368 e. The van der Waals surface area contributed by atoms with Gasteiger partial charge in [0.2, 0.25) is 5.91 Å². The lowest BCUT2D eigenvalue weighted by Gasteiger charge is -2.29. The van der Waals surface area contributed by atoms with Crippen molar-refractivity contribution in [2.24, 2.45) is 5.73 Å². The van der Waals surface area contributed by atoms with Gasteiger partial charge in [0.1, 0.15) is 5.82 Å². The zero-order chi connectivity index (χ0) is 15.9. The molecule has 3 N–H and O–H groups in total. The molecule has 1 aromatic carbocycles. The van der Waals surface area contributed by atoms with Gasteiger partial charge in [-0.2, -0.15) is 0 Å². The molecule has 0 spiro atoms. The second-order valence-electron chi connectivity index (χ2n) is 5.42. The zero-order valence-corrected chi connectivity index (χ0v) is 13.2. The van der Waals surface area contributed by atoms with E-state index in [1.807, 2.05) is 0 Å². The third kappa shape index (κ3) is 5.10. The van der Waals surface area contributed by atoms with Gasteiger partial charge in [-0.3, -0.25) is 4.79 Å². The molecule has 1 amide bonds. The number of nitrogens with two attached hydrogens (primary N) is 1. The quantitative estimate of drug-likeness (QED) is 0.726. The summed E-state index contributed by atoms with van der Waals surface area (Å²) in [7, 11) is 0. The number of nitrogens with zero attached hydrogens (tertiary/aromatic N) is 1. The Hall–Kier alpha value is -1.46. The van der Waals surface area contributed by atoms with Gasteiger partial charge in [-0.05, 0) is 31.6 Å². The number of primary amides is 1. The normalized spacial score (nSPS) is 14.1. The van der Waals surface area contributed by atoms with Gasteiger partial charge < -0.3 is 16.0 Å². The van der Waals surface area contributed by atoms with E-state index in [1.54, 1.807) is 25.1 Å². The number of carbonyl (C=O) groups excluding carboxylic acids is 1. The molecule has 4 nitrogen and oxygen atoms in total. The van der Waals surface area contributed by atoms with Gasteiger partial charge in [0.25, 0.3) is 0 Å². The van der Waals surface area contributed by atoms with Crippen LogP contribution < -0.4 is 11.1 Å². The van der Waals surface area contributed by atoms with Crippen LogP contribution in [-0.2, 0) is 11.2 Å². The predicted molar refractivity (Wildman–Crippen MR) is 83.5 cm³/mol. The number of halogens is 1. The van der Waals surface area contributed by atoms with Crippen LogP contribution in [0.5, 0.6) is 0 Å². The average molecular weight is 295 g/mol. The van der Waals surface area contributed by atoms with E-state index in [9.17, 15) is 9.18 Å². The predicted octanol–water partition coefficient (Wildman–Crippen LogP) is 1.54. The van der Waals surface area contributed by atoms with Crippen molar-refractivity contribution in [2.75, 3.05) is 26.2 Å². The molecule has 21 heavy (non-hydrogen) atoms. The SMILES string of the molecule is CCN(CC)CCNC(C)(Cc1ccccc1F)C(N)=O. The highest BCUT2D eigenvalue weighted by Crippen LogP contribution is 2.16. The molecule has 0 fully saturated rings. The molecule has 0 saturated carbocycles. The first-order valence-corrected chi connectivity index (χ1v) is 7.43. The number of carbonyl (C=O) groups is 1. The minimum Gasteiger partial charge on any atom is -0.368 e. The number of hydrogen-bond acceptors (Lipinski definition) is 3. The maximum Gasteiger partial charge on any atom is 0.237 e. The molecular formula is C16H26FN3O. The van der Waals surface area contributed by atoms with Crippen LogP contribution in [0.1, 0.15) is 26.3 Å². The van der Waals surface area contributed by atoms with Crippen molar-refractivity contribution in [1.29, 1.82) is 0 Å². The highest BCUT2D eigenvalue weighted by Gasteiger charge is 2.31. The molecule has 1 atom stereocenters. The van der Waals surface area contributed by atoms with Crippen LogP contribution in [0, 0.1) is 5.82 Å². The van der Waals surface area contributed by atoms with Crippen molar-refractivity contribution >= 4 is 5.91 Å². The van der Waals surface area contributed by atoms with Crippen LogP contribution in [0.3, 0.4) is 0 Å². The van der Waals surface area contributed by atoms with Crippen molar-refractivity contribution in [3.8, 4) is 0 Å². The summed E-state index contributed by atoms with van der Waals surface area (Å²) in [4.78, 5) is 14.0. The number of hydrogen-bond donors (Lipinski definition) is 2. The Bertz CT molecular complexity index is 463. The molecular weight excluding hydrogens is 269 g/mol. The van der Waals surface area contributed by atoms with Gasteiger partial charge >= 0.3 is 0 Å². The number of amides is 1. The lowest BCUT2D eigenvalue weighted by Crippen LogP contribution is -2.56. The molecule has 5 heteroatoms. The number of benzene rings is 1. The fourth-order valence-electron chi connectivity index (χ4n) is 2.29. The van der Waals surface area contributed by atoms with Gasteiger partial charge in [-0.15, -0.1) is 0 Å². The summed E-state index contributed by atoms with van der Waals surface area (Å²) in [6.07, 6.45) is 0.243. The molecule has 0 aliphatic heterocycles. The monoisotopic (exact) mass is 295 g/mol. The Morgan fingerprint density at radius 3 is 2.48 bits per heavy atom. The minimum absolute atomic E-state index is 0.243. The highest BCUT2D eigenvalue weighted by molar-refractivity contribution is 5.84. The van der Waals surface area contributed by atoms with Crippen LogP contribution >= 0.6 is 0 Å². The van der Waals surface area contributed by atoms with E-state index in [0.29, 0.717) is 12.1 Å². The number of rotatable bonds is 9. The van der Waals surface area contributed by atoms with Gasteiger partial charge in [0.15, 0.2) is 0 Å². The summed E-state index contributed by atoms with van der Waals surface area (Å²) in [5, 5.41) is 3.19. The number of likely N-dealkylation sites (N-methyl/N-ethyl adjacent to an activating group) is 1. The van der Waals surface area contributed by atoms with E-state index in [0.717, 1.165) is 19.6 Å². The van der Waals surface area contributed by atoms with E-state index < -0.39 is 11.4 Å². The highest BCUT2D eigenvalue weighted by atomic mass is 19.1. The molecule has 1 aromatic rings. The van der Waals surface area contributed by atoms with Gasteiger partial charge in [0.05, 0.1) is 5.54 Å². The fourth-order valence-corrected chi connectivity index (χ4v) is 2.29. The Labute approximate surface area is 126 Å². The van der Waals surface area contributed by atoms with Gasteiger partial charge in [-0.1, -0.05) is 32.0 Å². The summed E-state index contributed by atoms with van der Waals surface area (Å²) in [6.45, 7) is 9.29. The summed E-state index contributed by atoms with van der Waals surface area (Å²) in [5.74, 6) is -0.777. The lowest BCUT2D eigenvalue weighted by molar-refractivity contribution is -0.123. The standard InChI is InChI=1S/C16H26FN3O/c1-4-20(5-2)11-10-19-16(3,15(18)21)12-13-8-6-7-9-14(13)17/h6-9,19H,4-5,10-12H2,1-3H3,(H2,18,21). The Balaban J connectivity index is 2.70. The van der Waals surface area contributed by atoms with E-state index in [4.69, 9.17) is 5.73 Å². The third-order valence-corrected chi connectivity index (χ3v) is 3.88. The maximum absolute atomic E-state index is 13.8. The molecule has 0 aliphatic carbocycles. The van der Waals surface area contributed by atoms with Gasteiger partial charge in [0, 0.05) is 19.5 Å². The average Bonchev–Trinajstić information content (AvgIpc) is 2.46. The van der Waals surface area contributed by atoms with Crippen molar-refractivity contribution in [1.82, 2.24) is 10.2 Å². The first kappa shape index (κ1) is 17.6. The van der Waals surface area contributed by atoms with Crippen molar-refractivity contribution < 1.29 is 9.18 Å². The van der Waals surface area contributed by atoms with Crippen molar-refractivity contribution in [3.05, 3.63) is 35.6 Å². The van der Waals surface area contributed by atoms with E-state index >= 15 is 0 Å². The summed E-state index contributed by atoms with van der Waals surface area (Å²) >= 11 is 0. The van der Waals surface area contributed by atoms with Crippen molar-refractivity contribution in [3.63, 3.8) is 0 Å². The smallest absolute Gasteiger partial charge is 0.237 e. The molecule has 0 radical (unpaired) electrons. The molecule has 0 heterocycles. The molecule has 0 bridgehead atoms. The van der Waals surface area contributed by atoms with Crippen LogP contribution in [0.2, 0.25) is 0 Å². The summed E-state index contributed by atoms with van der Waals surface area (Å²) in [5.41, 5.74) is 5.06. The lowest BCUT2D eigenvalue weighted by atomic mass is 9.91. The van der Waals surface area contributed by atoms with Crippen LogP contribution in [-0.4, -0.2) is 42.5 Å². The topological polar surface area (TPSA) is 58.4 Å². The molecule has 1 unspecified atom stereocenters. The third-order valence-electron chi connectivity index (χ3n) is 3.88. The van der Waals surface area contributed by atoms with Crippen LogP contribution in [0.25, 0.3) is 0 Å². The molecule has 0 aromatic heterocycles. The zero-order valence-electron chi connectivity index (χ0n) is 13.2. The summed E-state index contributed by atoms with van der Waals surface area (Å²) < 4.78 is 13.8. The molecule has 0 aliphatic rings. The van der Waals surface area contributed by atoms with Crippen LogP contribution in [0.15, 0.2) is 24.3 Å². The van der Waals surface area contributed by atoms with Crippen molar-refractivity contribution in [2.45, 2.75) is 32.7 Å². The minimum atomic E-state index is -0.949. The number of nitrogens with one attached hydrogen (secondary N) is 1. The second-order valence-corrected chi connectivity index (χ2v) is 5.42. The molecule has 1 rings (SSSR count). The molecule has 0 saturated heterocycles. The van der Waals surface area contributed by atoms with E-state index in [-0.39, 0.29) is 12.2 Å². The van der Waals surface area contributed by atoms with E-state index in [2.05, 4.69) is 24.1 Å². The summed E-state index contributed by atoms with van der Waals surface area (Å²) in [6, 6.07) is 6.47. The van der Waals surface area contributed by atoms with E-state index in [1.165, 1.54) is 6.07 Å². The Kier molecular flexibility index (Phi) is 6.78. The Morgan fingerprint density at radius 2 is 1.95 bits per heavy atom. The second kappa shape index (κ2) is 8.10. The molecule has 118 valence electrons.